The molecule has 104 valence electrons. The van der Waals surface area contributed by atoms with Gasteiger partial charge < -0.3 is 14.5 Å². The lowest BCUT2D eigenvalue weighted by atomic mass is 9.99. The number of aliphatic hydroxyl groups excluding tert-OH is 1. The lowest BCUT2D eigenvalue weighted by molar-refractivity contribution is 0.212. The minimum Gasteiger partial charge on any atom is -0.456 e. The SMILES string of the molecule is Cc1ccc(C(O)c2ncc[nH]2)c2c1oc1ccccc12. The Kier molecular flexibility index (Phi) is 2.59. The van der Waals surface area contributed by atoms with Crippen LogP contribution in [0.25, 0.3) is 21.9 Å². The topological polar surface area (TPSA) is 62.1 Å². The first-order valence-electron chi connectivity index (χ1n) is 6.84. The second-order valence-electron chi connectivity index (χ2n) is 5.15. The third-order valence-corrected chi connectivity index (χ3v) is 3.83. The molecule has 2 N–H and O–H groups in total. The third kappa shape index (κ3) is 1.76. The summed E-state index contributed by atoms with van der Waals surface area (Å²) < 4.78 is 5.95. The zero-order valence-electron chi connectivity index (χ0n) is 11.5. The van der Waals surface area contributed by atoms with Gasteiger partial charge in [0.25, 0.3) is 0 Å². The van der Waals surface area contributed by atoms with Gasteiger partial charge in [0.2, 0.25) is 0 Å². The number of imidazole rings is 1. The van der Waals surface area contributed by atoms with Gasteiger partial charge in [-0.3, -0.25) is 0 Å². The van der Waals surface area contributed by atoms with Crippen LogP contribution in [0.4, 0.5) is 0 Å². The van der Waals surface area contributed by atoms with Gasteiger partial charge in [0.1, 0.15) is 23.1 Å². The molecule has 0 spiro atoms. The zero-order valence-corrected chi connectivity index (χ0v) is 11.5. The number of aliphatic hydroxyl groups is 1. The number of hydrogen-bond acceptors (Lipinski definition) is 3. The average Bonchev–Trinajstić information content (AvgIpc) is 3.15. The zero-order chi connectivity index (χ0) is 14.4. The van der Waals surface area contributed by atoms with Gasteiger partial charge in [-0.25, -0.2) is 4.98 Å². The van der Waals surface area contributed by atoms with E-state index in [1.165, 1.54) is 0 Å². The first-order valence-corrected chi connectivity index (χ1v) is 6.84. The number of rotatable bonds is 2. The van der Waals surface area contributed by atoms with Gasteiger partial charge in [-0.2, -0.15) is 0 Å². The molecule has 0 radical (unpaired) electrons. The van der Waals surface area contributed by atoms with Crippen molar-refractivity contribution in [2.75, 3.05) is 0 Å². The number of aryl methyl sites for hydroxylation is 1. The van der Waals surface area contributed by atoms with E-state index in [0.29, 0.717) is 5.82 Å². The molecule has 2 aromatic carbocycles. The molecule has 0 fully saturated rings. The van der Waals surface area contributed by atoms with E-state index in [0.717, 1.165) is 33.1 Å². The molecule has 4 heteroatoms. The van der Waals surface area contributed by atoms with E-state index in [2.05, 4.69) is 9.97 Å². The van der Waals surface area contributed by atoms with Gasteiger partial charge in [-0.15, -0.1) is 0 Å². The third-order valence-electron chi connectivity index (χ3n) is 3.83. The minimum absolute atomic E-state index is 0.533. The lowest BCUT2D eigenvalue weighted by Gasteiger charge is -2.10. The molecule has 1 atom stereocenters. The van der Waals surface area contributed by atoms with Crippen molar-refractivity contribution in [2.24, 2.45) is 0 Å². The number of H-pyrrole nitrogens is 1. The fraction of sp³-hybridized carbons (Fsp3) is 0.118. The van der Waals surface area contributed by atoms with Crippen LogP contribution in [0, 0.1) is 6.92 Å². The van der Waals surface area contributed by atoms with Crippen molar-refractivity contribution in [1.29, 1.82) is 0 Å². The van der Waals surface area contributed by atoms with E-state index in [1.807, 2.05) is 43.3 Å². The Labute approximate surface area is 121 Å². The van der Waals surface area contributed by atoms with Gasteiger partial charge in [0.15, 0.2) is 0 Å². The van der Waals surface area contributed by atoms with Crippen molar-refractivity contribution in [2.45, 2.75) is 13.0 Å². The van der Waals surface area contributed by atoms with Gasteiger partial charge in [-0.1, -0.05) is 30.3 Å². The van der Waals surface area contributed by atoms with Crippen molar-refractivity contribution in [3.8, 4) is 0 Å². The Morgan fingerprint density at radius 3 is 2.86 bits per heavy atom. The van der Waals surface area contributed by atoms with E-state index in [4.69, 9.17) is 4.42 Å². The van der Waals surface area contributed by atoms with Gasteiger partial charge in [0.05, 0.1) is 0 Å². The molecule has 0 aliphatic carbocycles. The van der Waals surface area contributed by atoms with Crippen LogP contribution >= 0.6 is 0 Å². The second-order valence-corrected chi connectivity index (χ2v) is 5.15. The van der Waals surface area contributed by atoms with Crippen molar-refractivity contribution in [3.63, 3.8) is 0 Å². The summed E-state index contributed by atoms with van der Waals surface area (Å²) in [5.74, 6) is 0.533. The Hall–Kier alpha value is -2.59. The quantitative estimate of drug-likeness (QED) is 0.587. The van der Waals surface area contributed by atoms with Gasteiger partial charge in [0, 0.05) is 23.2 Å². The predicted octanol–water partition coefficient (Wildman–Crippen LogP) is 3.70. The molecule has 0 aliphatic heterocycles. The first kappa shape index (κ1) is 12.2. The maximum absolute atomic E-state index is 10.6. The van der Waals surface area contributed by atoms with Crippen LogP contribution in [0.1, 0.15) is 23.1 Å². The Bertz CT molecular complexity index is 923. The van der Waals surface area contributed by atoms with Crippen LogP contribution in [-0.2, 0) is 0 Å². The summed E-state index contributed by atoms with van der Waals surface area (Å²) in [5, 5.41) is 12.6. The molecule has 0 aliphatic rings. The Morgan fingerprint density at radius 1 is 1.19 bits per heavy atom. The van der Waals surface area contributed by atoms with E-state index in [-0.39, 0.29) is 0 Å². The molecule has 2 aromatic heterocycles. The molecule has 4 nitrogen and oxygen atoms in total. The number of nitrogens with zero attached hydrogens (tertiary/aromatic N) is 1. The number of benzene rings is 2. The smallest absolute Gasteiger partial charge is 0.139 e. The van der Waals surface area contributed by atoms with E-state index < -0.39 is 6.10 Å². The standard InChI is InChI=1S/C17H14N2O2/c1-10-6-7-12(15(20)17-18-8-9-19-17)14-11-4-2-3-5-13(11)21-16(10)14/h2-9,15,20H,1H3,(H,18,19). The summed E-state index contributed by atoms with van der Waals surface area (Å²) in [6.07, 6.45) is 2.54. The summed E-state index contributed by atoms with van der Waals surface area (Å²) in [4.78, 5) is 7.11. The molecule has 2 heterocycles. The maximum atomic E-state index is 10.6. The monoisotopic (exact) mass is 278 g/mol. The van der Waals surface area contributed by atoms with E-state index >= 15 is 0 Å². The van der Waals surface area contributed by atoms with Crippen LogP contribution in [0.5, 0.6) is 0 Å². The van der Waals surface area contributed by atoms with Crippen molar-refractivity contribution < 1.29 is 9.52 Å². The molecule has 0 saturated heterocycles. The highest BCUT2D eigenvalue weighted by Gasteiger charge is 2.20. The molecule has 4 rings (SSSR count). The number of aromatic nitrogens is 2. The highest BCUT2D eigenvalue weighted by atomic mass is 16.3. The molecular formula is C17H14N2O2. The summed E-state index contributed by atoms with van der Waals surface area (Å²) in [6.45, 7) is 2.01. The number of para-hydroxylation sites is 1. The second kappa shape index (κ2) is 4.46. The largest absolute Gasteiger partial charge is 0.456 e. The number of nitrogens with one attached hydrogen (secondary N) is 1. The lowest BCUT2D eigenvalue weighted by Crippen LogP contribution is -2.02. The van der Waals surface area contributed by atoms with Crippen LogP contribution in [-0.4, -0.2) is 15.1 Å². The summed E-state index contributed by atoms with van der Waals surface area (Å²) in [6, 6.07) is 11.8. The van der Waals surface area contributed by atoms with Crippen molar-refractivity contribution in [1.82, 2.24) is 9.97 Å². The summed E-state index contributed by atoms with van der Waals surface area (Å²) in [7, 11) is 0. The molecule has 0 bridgehead atoms. The molecule has 0 amide bonds. The molecule has 4 aromatic rings. The van der Waals surface area contributed by atoms with Crippen LogP contribution in [0.15, 0.2) is 53.2 Å². The fourth-order valence-electron chi connectivity index (χ4n) is 2.79. The summed E-state index contributed by atoms with van der Waals surface area (Å²) >= 11 is 0. The van der Waals surface area contributed by atoms with Crippen LogP contribution in [0.3, 0.4) is 0 Å². The normalized spacial score (nSPS) is 13.0. The minimum atomic E-state index is -0.802. The Balaban J connectivity index is 2.07. The highest BCUT2D eigenvalue weighted by Crippen LogP contribution is 2.36. The number of fused-ring (bicyclic) bond motifs is 3. The molecular weight excluding hydrogens is 264 g/mol. The van der Waals surface area contributed by atoms with Crippen LogP contribution in [0.2, 0.25) is 0 Å². The molecule has 1 unspecified atom stereocenters. The first-order chi connectivity index (χ1) is 10.3. The van der Waals surface area contributed by atoms with E-state index in [9.17, 15) is 5.11 Å². The number of hydrogen-bond donors (Lipinski definition) is 2. The molecule has 0 saturated carbocycles. The van der Waals surface area contributed by atoms with Gasteiger partial charge in [-0.05, 0) is 24.1 Å². The Morgan fingerprint density at radius 2 is 2.05 bits per heavy atom. The molecule has 21 heavy (non-hydrogen) atoms. The number of furan rings is 1. The number of aromatic amines is 1. The maximum Gasteiger partial charge on any atom is 0.139 e. The van der Waals surface area contributed by atoms with Crippen molar-refractivity contribution in [3.05, 3.63) is 65.7 Å². The van der Waals surface area contributed by atoms with Crippen molar-refractivity contribution >= 4 is 21.9 Å². The predicted molar refractivity (Wildman–Crippen MR) is 81.1 cm³/mol. The van der Waals surface area contributed by atoms with E-state index in [1.54, 1.807) is 12.4 Å². The average molecular weight is 278 g/mol. The fourth-order valence-corrected chi connectivity index (χ4v) is 2.79. The highest BCUT2D eigenvalue weighted by molar-refractivity contribution is 6.07. The van der Waals surface area contributed by atoms with Crippen LogP contribution < -0.4 is 0 Å². The summed E-state index contributed by atoms with van der Waals surface area (Å²) in [5.41, 5.74) is 3.50. The van der Waals surface area contributed by atoms with Gasteiger partial charge >= 0.3 is 0 Å².